The number of benzene rings is 1. The van der Waals surface area contributed by atoms with Crippen LogP contribution < -0.4 is 5.56 Å². The third-order valence-corrected chi connectivity index (χ3v) is 5.87. The maximum absolute atomic E-state index is 12.8. The summed E-state index contributed by atoms with van der Waals surface area (Å²) in [4.78, 5) is 20.1. The van der Waals surface area contributed by atoms with Gasteiger partial charge in [-0.15, -0.1) is 0 Å². The molecule has 0 N–H and O–H groups in total. The maximum atomic E-state index is 12.8. The lowest BCUT2D eigenvalue weighted by atomic mass is 10.1. The predicted octanol–water partition coefficient (Wildman–Crippen LogP) is 4.15. The number of nitrogens with zero attached hydrogens (tertiary/aromatic N) is 3. The minimum atomic E-state index is 0.0728. The summed E-state index contributed by atoms with van der Waals surface area (Å²) < 4.78 is 2.76. The van der Waals surface area contributed by atoms with Crippen LogP contribution in [-0.2, 0) is 6.54 Å². The summed E-state index contributed by atoms with van der Waals surface area (Å²) in [6.07, 6.45) is 4.92. The minimum Gasteiger partial charge on any atom is -0.303 e. The molecule has 0 saturated carbocycles. The van der Waals surface area contributed by atoms with Crippen LogP contribution in [0, 0.1) is 0 Å². The van der Waals surface area contributed by atoms with Crippen molar-refractivity contribution >= 4 is 38.6 Å². The molecule has 130 valence electrons. The third-order valence-electron chi connectivity index (χ3n) is 4.42. The van der Waals surface area contributed by atoms with E-state index in [0.717, 1.165) is 40.4 Å². The number of halogens is 1. The highest BCUT2D eigenvalue weighted by atomic mass is 79.9. The standard InChI is InChI=1S/C18H24BrN3OS/c1-2-8-22-17(23)15-13-14(19)6-7-16(15)20-18(22)24-12-11-21-9-4-3-5-10-21/h6-7,13H,2-5,8-12H2,1H3. The van der Waals surface area contributed by atoms with Gasteiger partial charge in [0.15, 0.2) is 5.16 Å². The quantitative estimate of drug-likeness (QED) is 0.530. The molecular weight excluding hydrogens is 386 g/mol. The van der Waals surface area contributed by atoms with E-state index < -0.39 is 0 Å². The number of hydrogen-bond donors (Lipinski definition) is 0. The molecule has 1 fully saturated rings. The molecule has 0 unspecified atom stereocenters. The van der Waals surface area contributed by atoms with Gasteiger partial charge >= 0.3 is 0 Å². The first-order chi connectivity index (χ1) is 11.7. The Morgan fingerprint density at radius 1 is 1.21 bits per heavy atom. The van der Waals surface area contributed by atoms with Gasteiger partial charge in [-0.2, -0.15) is 0 Å². The highest BCUT2D eigenvalue weighted by Crippen LogP contribution is 2.21. The summed E-state index contributed by atoms with van der Waals surface area (Å²) in [6, 6.07) is 5.74. The molecule has 0 aliphatic carbocycles. The number of thioether (sulfide) groups is 1. The molecule has 1 saturated heterocycles. The summed E-state index contributed by atoms with van der Waals surface area (Å²) in [5.74, 6) is 0.984. The van der Waals surface area contributed by atoms with Crippen molar-refractivity contribution in [2.45, 2.75) is 44.3 Å². The van der Waals surface area contributed by atoms with Crippen molar-refractivity contribution in [3.8, 4) is 0 Å². The van der Waals surface area contributed by atoms with Crippen LogP contribution in [0.4, 0.5) is 0 Å². The molecule has 24 heavy (non-hydrogen) atoms. The second kappa shape index (κ2) is 8.50. The largest absolute Gasteiger partial charge is 0.303 e. The van der Waals surface area contributed by atoms with Gasteiger partial charge < -0.3 is 4.90 Å². The van der Waals surface area contributed by atoms with Crippen LogP contribution in [0.5, 0.6) is 0 Å². The summed E-state index contributed by atoms with van der Waals surface area (Å²) >= 11 is 5.16. The van der Waals surface area contributed by atoms with Crippen LogP contribution in [-0.4, -0.2) is 39.8 Å². The van der Waals surface area contributed by atoms with Crippen LogP contribution in [0.25, 0.3) is 10.9 Å². The van der Waals surface area contributed by atoms with Gasteiger partial charge in [-0.3, -0.25) is 9.36 Å². The van der Waals surface area contributed by atoms with E-state index in [9.17, 15) is 4.79 Å². The molecule has 4 nitrogen and oxygen atoms in total. The maximum Gasteiger partial charge on any atom is 0.262 e. The van der Waals surface area contributed by atoms with E-state index in [1.807, 2.05) is 22.8 Å². The summed E-state index contributed by atoms with van der Waals surface area (Å²) in [6.45, 7) is 6.31. The molecular formula is C18H24BrN3OS. The number of piperidine rings is 1. The first kappa shape index (κ1) is 18.0. The summed E-state index contributed by atoms with van der Waals surface area (Å²) in [5, 5.41) is 1.55. The Kier molecular flexibility index (Phi) is 6.36. The van der Waals surface area contributed by atoms with E-state index in [1.165, 1.54) is 32.4 Å². The second-order valence-corrected chi connectivity index (χ2v) is 8.24. The van der Waals surface area contributed by atoms with Gasteiger partial charge in [0, 0.05) is 23.3 Å². The van der Waals surface area contributed by atoms with Crippen molar-refractivity contribution in [1.29, 1.82) is 0 Å². The molecule has 2 heterocycles. The topological polar surface area (TPSA) is 38.1 Å². The Morgan fingerprint density at radius 2 is 2.00 bits per heavy atom. The van der Waals surface area contributed by atoms with Crippen molar-refractivity contribution in [2.24, 2.45) is 0 Å². The summed E-state index contributed by atoms with van der Waals surface area (Å²) in [7, 11) is 0. The first-order valence-electron chi connectivity index (χ1n) is 8.74. The molecule has 1 aromatic heterocycles. The molecule has 1 aromatic carbocycles. The van der Waals surface area contributed by atoms with Gasteiger partial charge in [-0.1, -0.05) is 41.0 Å². The van der Waals surface area contributed by atoms with E-state index in [1.54, 1.807) is 11.8 Å². The SMILES string of the molecule is CCCn1c(SCCN2CCCCC2)nc2ccc(Br)cc2c1=O. The molecule has 3 rings (SSSR count). The van der Waals surface area contributed by atoms with E-state index in [4.69, 9.17) is 4.98 Å². The van der Waals surface area contributed by atoms with E-state index in [0.29, 0.717) is 5.39 Å². The van der Waals surface area contributed by atoms with Crippen molar-refractivity contribution in [3.63, 3.8) is 0 Å². The van der Waals surface area contributed by atoms with Gasteiger partial charge in [0.1, 0.15) is 0 Å². The fourth-order valence-electron chi connectivity index (χ4n) is 3.15. The molecule has 0 bridgehead atoms. The van der Waals surface area contributed by atoms with Gasteiger partial charge in [-0.25, -0.2) is 4.98 Å². The number of rotatable bonds is 6. The zero-order valence-corrected chi connectivity index (χ0v) is 16.5. The minimum absolute atomic E-state index is 0.0728. The normalized spacial score (nSPS) is 15.9. The van der Waals surface area contributed by atoms with Crippen LogP contribution >= 0.6 is 27.7 Å². The highest BCUT2D eigenvalue weighted by Gasteiger charge is 2.13. The third kappa shape index (κ3) is 4.21. The molecule has 1 aliphatic rings. The number of aromatic nitrogens is 2. The lowest BCUT2D eigenvalue weighted by Gasteiger charge is -2.26. The molecule has 2 aromatic rings. The smallest absolute Gasteiger partial charge is 0.262 e. The lowest BCUT2D eigenvalue weighted by molar-refractivity contribution is 0.242. The van der Waals surface area contributed by atoms with E-state index in [-0.39, 0.29) is 5.56 Å². The van der Waals surface area contributed by atoms with E-state index >= 15 is 0 Å². The van der Waals surface area contributed by atoms with Crippen molar-refractivity contribution in [1.82, 2.24) is 14.5 Å². The van der Waals surface area contributed by atoms with Gasteiger partial charge in [0.05, 0.1) is 10.9 Å². The predicted molar refractivity (Wildman–Crippen MR) is 105 cm³/mol. The zero-order chi connectivity index (χ0) is 16.9. The van der Waals surface area contributed by atoms with Crippen LogP contribution in [0.1, 0.15) is 32.6 Å². The average molecular weight is 410 g/mol. The fraction of sp³-hybridized carbons (Fsp3) is 0.556. The Morgan fingerprint density at radius 3 is 2.75 bits per heavy atom. The van der Waals surface area contributed by atoms with Crippen molar-refractivity contribution < 1.29 is 0 Å². The summed E-state index contributed by atoms with van der Waals surface area (Å²) in [5.41, 5.74) is 0.861. The fourth-order valence-corrected chi connectivity index (χ4v) is 4.54. The Balaban J connectivity index is 1.81. The van der Waals surface area contributed by atoms with Crippen LogP contribution in [0.15, 0.2) is 32.6 Å². The molecule has 0 amide bonds. The number of hydrogen-bond acceptors (Lipinski definition) is 4. The van der Waals surface area contributed by atoms with E-state index in [2.05, 4.69) is 27.8 Å². The van der Waals surface area contributed by atoms with Crippen molar-refractivity contribution in [3.05, 3.63) is 33.0 Å². The Labute approximate surface area is 155 Å². The van der Waals surface area contributed by atoms with Gasteiger partial charge in [-0.05, 0) is 50.6 Å². The zero-order valence-electron chi connectivity index (χ0n) is 14.1. The highest BCUT2D eigenvalue weighted by molar-refractivity contribution is 9.10. The lowest BCUT2D eigenvalue weighted by Crippen LogP contribution is -2.31. The number of fused-ring (bicyclic) bond motifs is 1. The molecule has 6 heteroatoms. The van der Waals surface area contributed by atoms with Gasteiger partial charge in [0.25, 0.3) is 5.56 Å². The Bertz CT molecular complexity index is 756. The monoisotopic (exact) mass is 409 g/mol. The van der Waals surface area contributed by atoms with Crippen LogP contribution in [0.3, 0.4) is 0 Å². The number of likely N-dealkylation sites (tertiary alicyclic amines) is 1. The Hall–Kier alpha value is -0.850. The van der Waals surface area contributed by atoms with Crippen molar-refractivity contribution in [2.75, 3.05) is 25.4 Å². The molecule has 1 aliphatic heterocycles. The first-order valence-corrected chi connectivity index (χ1v) is 10.5. The van der Waals surface area contributed by atoms with Crippen LogP contribution in [0.2, 0.25) is 0 Å². The molecule has 0 spiro atoms. The molecule has 0 atom stereocenters. The second-order valence-electron chi connectivity index (χ2n) is 6.26. The van der Waals surface area contributed by atoms with Gasteiger partial charge in [0.2, 0.25) is 0 Å². The average Bonchev–Trinajstić information content (AvgIpc) is 2.60. The molecule has 0 radical (unpaired) electrons.